The van der Waals surface area contributed by atoms with E-state index in [-0.39, 0.29) is 35.9 Å². The van der Waals surface area contributed by atoms with Crippen LogP contribution in [0.4, 0.5) is 0 Å². The number of rotatable bonds is 14. The van der Waals surface area contributed by atoms with Gasteiger partial charge >= 0.3 is 11.9 Å². The van der Waals surface area contributed by atoms with E-state index in [0.717, 1.165) is 5.57 Å². The van der Waals surface area contributed by atoms with E-state index in [1.807, 2.05) is 32.9 Å². The van der Waals surface area contributed by atoms with Crippen LogP contribution in [-0.2, 0) is 28.8 Å². The molecule has 2 aromatic carbocycles. The normalized spacial score (nSPS) is 16.1. The Kier molecular flexibility index (Phi) is 13.8. The lowest BCUT2D eigenvalue weighted by Gasteiger charge is -2.30. The Morgan fingerprint density at radius 2 is 1.48 bits per heavy atom. The van der Waals surface area contributed by atoms with E-state index in [2.05, 4.69) is 0 Å². The molecular weight excluding hydrogens is 576 g/mol. The van der Waals surface area contributed by atoms with Gasteiger partial charge in [-0.2, -0.15) is 0 Å². The number of allylic oxidation sites excluding steroid dienone is 1. The van der Waals surface area contributed by atoms with Crippen LogP contribution in [0.1, 0.15) is 72.2 Å². The maximum Gasteiger partial charge on any atom is 0.338 e. The third-order valence-corrected chi connectivity index (χ3v) is 9.68. The summed E-state index contributed by atoms with van der Waals surface area (Å²) in [6.07, 6.45) is 4.33. The zero-order valence-electron chi connectivity index (χ0n) is 27.5. The Balaban J connectivity index is 2.65. The fourth-order valence-electron chi connectivity index (χ4n) is 4.94. The first-order valence-electron chi connectivity index (χ1n) is 14.8. The number of ether oxygens (including phenoxy) is 3. The van der Waals surface area contributed by atoms with Crippen LogP contribution >= 0.6 is 0 Å². The molecule has 240 valence electrons. The molecule has 2 rings (SSSR count). The number of carbonyl (C=O) groups is 2. The molecule has 0 aliphatic carbocycles. The first-order valence-corrected chi connectivity index (χ1v) is 16.4. The smallest absolute Gasteiger partial charge is 0.338 e. The second kappa shape index (κ2) is 16.5. The minimum absolute atomic E-state index is 0.0153. The molecule has 44 heavy (non-hydrogen) atoms. The van der Waals surface area contributed by atoms with Crippen molar-refractivity contribution in [2.45, 2.75) is 84.2 Å². The Morgan fingerprint density at radius 1 is 0.909 bits per heavy atom. The predicted octanol–water partition coefficient (Wildman–Crippen LogP) is 7.54. The van der Waals surface area contributed by atoms with Crippen LogP contribution in [-0.4, -0.2) is 51.5 Å². The van der Waals surface area contributed by atoms with E-state index >= 15 is 0 Å². The van der Waals surface area contributed by atoms with E-state index in [0.29, 0.717) is 16.7 Å². The summed E-state index contributed by atoms with van der Waals surface area (Å²) >= 11 is 0. The lowest BCUT2D eigenvalue weighted by atomic mass is 9.93. The summed E-state index contributed by atoms with van der Waals surface area (Å²) in [6, 6.07) is 16.7. The topological polar surface area (TPSA) is 96.0 Å². The van der Waals surface area contributed by atoms with Crippen molar-refractivity contribution in [3.8, 4) is 0 Å². The molecule has 0 amide bonds. The Morgan fingerprint density at radius 3 is 2.00 bits per heavy atom. The SMILES string of the molecule is C/C=C(\C)[C@H](OC)[C@H](C)/C=C(\C)C(C(C/C(C)=C/COC(=O)C(C)(C)C)OC(=O)c1ccccc1)S(=O)(=O)c1ccccc1. The van der Waals surface area contributed by atoms with Gasteiger partial charge in [0.2, 0.25) is 0 Å². The molecule has 0 aromatic heterocycles. The van der Waals surface area contributed by atoms with E-state index in [1.165, 1.54) is 0 Å². The van der Waals surface area contributed by atoms with Crippen LogP contribution < -0.4 is 0 Å². The van der Waals surface area contributed by atoms with Gasteiger partial charge < -0.3 is 14.2 Å². The number of carbonyl (C=O) groups excluding carboxylic acids is 2. The molecule has 4 atom stereocenters. The Labute approximate surface area is 263 Å². The van der Waals surface area contributed by atoms with Gasteiger partial charge in [-0.05, 0) is 84.4 Å². The van der Waals surface area contributed by atoms with Gasteiger partial charge in [0.15, 0.2) is 9.84 Å². The van der Waals surface area contributed by atoms with Crippen LogP contribution in [0, 0.1) is 11.3 Å². The van der Waals surface area contributed by atoms with Crippen molar-refractivity contribution in [3.63, 3.8) is 0 Å². The average molecular weight is 625 g/mol. The predicted molar refractivity (Wildman–Crippen MR) is 175 cm³/mol. The van der Waals surface area contributed by atoms with Crippen molar-refractivity contribution in [1.29, 1.82) is 0 Å². The van der Waals surface area contributed by atoms with Crippen molar-refractivity contribution < 1.29 is 32.2 Å². The first-order chi connectivity index (χ1) is 20.6. The Hall–Kier alpha value is -3.49. The number of methoxy groups -OCH3 is 1. The maximum atomic E-state index is 14.4. The van der Waals surface area contributed by atoms with Gasteiger partial charge in [-0.3, -0.25) is 4.79 Å². The highest BCUT2D eigenvalue weighted by atomic mass is 32.2. The standard InChI is InChI=1S/C36H48O7S/c1-10-26(3)32(41-9)27(4)24-28(5)33(44(39,40)30-19-15-12-16-20-30)31(43-34(37)29-17-13-11-14-18-29)23-25(2)21-22-42-35(38)36(6,7)8/h10-21,24,27,31-33H,22-23H2,1-9H3/b25-21+,26-10+,28-24+/t27-,31?,32+,33?/m1/s1. The van der Waals surface area contributed by atoms with Gasteiger partial charge in [-0.1, -0.05) is 66.6 Å². The van der Waals surface area contributed by atoms with E-state index in [1.54, 1.807) is 108 Å². The number of benzene rings is 2. The highest BCUT2D eigenvalue weighted by Crippen LogP contribution is 2.31. The molecule has 0 aliphatic heterocycles. The van der Waals surface area contributed by atoms with E-state index in [4.69, 9.17) is 14.2 Å². The van der Waals surface area contributed by atoms with Gasteiger partial charge in [-0.15, -0.1) is 0 Å². The van der Waals surface area contributed by atoms with Crippen LogP contribution in [0.5, 0.6) is 0 Å². The molecule has 0 heterocycles. The van der Waals surface area contributed by atoms with Crippen molar-refractivity contribution in [3.05, 3.63) is 101 Å². The summed E-state index contributed by atoms with van der Waals surface area (Å²) < 4.78 is 46.0. The number of hydrogen-bond donors (Lipinski definition) is 0. The second-order valence-corrected chi connectivity index (χ2v) is 14.2. The molecule has 0 aliphatic rings. The summed E-state index contributed by atoms with van der Waals surface area (Å²) in [4.78, 5) is 25.8. The highest BCUT2D eigenvalue weighted by Gasteiger charge is 2.39. The third kappa shape index (κ3) is 10.3. The number of sulfone groups is 1. The van der Waals surface area contributed by atoms with Crippen LogP contribution in [0.25, 0.3) is 0 Å². The fraction of sp³-hybridized carbons (Fsp3) is 0.444. The summed E-state index contributed by atoms with van der Waals surface area (Å²) in [5.41, 5.74) is 1.92. The summed E-state index contributed by atoms with van der Waals surface area (Å²) in [5.74, 6) is -1.16. The molecule has 0 fully saturated rings. The average Bonchev–Trinajstić information content (AvgIpc) is 2.97. The van der Waals surface area contributed by atoms with Crippen LogP contribution in [0.2, 0.25) is 0 Å². The molecule has 0 bridgehead atoms. The molecule has 8 heteroatoms. The van der Waals surface area contributed by atoms with Gasteiger partial charge in [-0.25, -0.2) is 13.2 Å². The molecule has 0 N–H and O–H groups in total. The van der Waals surface area contributed by atoms with Crippen molar-refractivity contribution in [1.82, 2.24) is 0 Å². The number of esters is 2. The summed E-state index contributed by atoms with van der Waals surface area (Å²) in [6.45, 7) is 14.8. The molecular formula is C36H48O7S. The molecule has 0 saturated heterocycles. The lowest BCUT2D eigenvalue weighted by Crippen LogP contribution is -2.39. The number of hydrogen-bond acceptors (Lipinski definition) is 7. The highest BCUT2D eigenvalue weighted by molar-refractivity contribution is 7.92. The summed E-state index contributed by atoms with van der Waals surface area (Å²) in [5, 5.41) is -1.20. The van der Waals surface area contributed by atoms with Gasteiger partial charge in [0, 0.05) is 19.4 Å². The third-order valence-electron chi connectivity index (χ3n) is 7.40. The van der Waals surface area contributed by atoms with Gasteiger partial charge in [0.05, 0.1) is 22.0 Å². The molecule has 0 saturated carbocycles. The minimum atomic E-state index is -4.04. The quantitative estimate of drug-likeness (QED) is 0.158. The zero-order chi connectivity index (χ0) is 33.1. The first kappa shape index (κ1) is 36.7. The summed E-state index contributed by atoms with van der Waals surface area (Å²) in [7, 11) is -2.42. The van der Waals surface area contributed by atoms with Crippen molar-refractivity contribution in [2.75, 3.05) is 13.7 Å². The minimum Gasteiger partial charge on any atom is -0.461 e. The lowest BCUT2D eigenvalue weighted by molar-refractivity contribution is -0.151. The van der Waals surface area contributed by atoms with Gasteiger partial charge in [0.25, 0.3) is 0 Å². The van der Waals surface area contributed by atoms with Crippen molar-refractivity contribution >= 4 is 21.8 Å². The molecule has 0 radical (unpaired) electrons. The monoisotopic (exact) mass is 624 g/mol. The van der Waals surface area contributed by atoms with Crippen LogP contribution in [0.3, 0.4) is 0 Å². The van der Waals surface area contributed by atoms with E-state index in [9.17, 15) is 18.0 Å². The molecule has 2 unspecified atom stereocenters. The van der Waals surface area contributed by atoms with E-state index < -0.39 is 32.6 Å². The molecule has 7 nitrogen and oxygen atoms in total. The van der Waals surface area contributed by atoms with Crippen LogP contribution in [0.15, 0.2) is 101 Å². The molecule has 0 spiro atoms. The molecule has 2 aromatic rings. The Bertz CT molecular complexity index is 1430. The zero-order valence-corrected chi connectivity index (χ0v) is 28.3. The largest absolute Gasteiger partial charge is 0.461 e. The second-order valence-electron chi connectivity index (χ2n) is 12.2. The van der Waals surface area contributed by atoms with Gasteiger partial charge in [0.1, 0.15) is 18.0 Å². The maximum absolute atomic E-state index is 14.4. The fourth-order valence-corrected chi connectivity index (χ4v) is 6.89. The van der Waals surface area contributed by atoms with Crippen molar-refractivity contribution in [2.24, 2.45) is 11.3 Å².